The van der Waals surface area contributed by atoms with E-state index < -0.39 is 6.10 Å². The molecule has 0 saturated carbocycles. The van der Waals surface area contributed by atoms with Crippen LogP contribution in [0.4, 0.5) is 5.82 Å². The Balaban J connectivity index is 2.27. The highest BCUT2D eigenvalue weighted by molar-refractivity contribution is 5.67. The maximum atomic E-state index is 9.32. The zero-order valence-corrected chi connectivity index (χ0v) is 10.5. The quantitative estimate of drug-likeness (QED) is 0.724. The molecule has 2 aromatic rings. The summed E-state index contributed by atoms with van der Waals surface area (Å²) in [7, 11) is 0. The first-order valence-electron chi connectivity index (χ1n) is 5.99. The van der Waals surface area contributed by atoms with Crippen LogP contribution in [-0.2, 0) is 0 Å². The number of aromatic nitrogens is 3. The van der Waals surface area contributed by atoms with E-state index in [-0.39, 0.29) is 13.2 Å². The van der Waals surface area contributed by atoms with Crippen LogP contribution in [-0.4, -0.2) is 44.1 Å². The van der Waals surface area contributed by atoms with Crippen molar-refractivity contribution in [2.75, 3.05) is 18.5 Å². The van der Waals surface area contributed by atoms with Gasteiger partial charge in [0.2, 0.25) is 0 Å². The van der Waals surface area contributed by atoms with Gasteiger partial charge in [-0.05, 0) is 12.0 Å². The van der Waals surface area contributed by atoms with Gasteiger partial charge in [0.25, 0.3) is 0 Å². The molecule has 0 aliphatic heterocycles. The molecule has 6 heteroatoms. The Morgan fingerprint density at radius 1 is 1.44 bits per heavy atom. The maximum absolute atomic E-state index is 9.32. The number of fused-ring (bicyclic) bond motifs is 1. The Morgan fingerprint density at radius 2 is 2.22 bits per heavy atom. The Bertz CT molecular complexity index is 524. The van der Waals surface area contributed by atoms with Crippen LogP contribution in [0.25, 0.3) is 5.52 Å². The summed E-state index contributed by atoms with van der Waals surface area (Å²) in [6, 6.07) is 1.98. The topological polar surface area (TPSA) is 82.7 Å². The normalized spacial score (nSPS) is 13.2. The van der Waals surface area contributed by atoms with Gasteiger partial charge < -0.3 is 15.5 Å². The maximum Gasteiger partial charge on any atom is 0.152 e. The van der Waals surface area contributed by atoms with Crippen molar-refractivity contribution in [1.29, 1.82) is 0 Å². The SMILES string of the molecule is CC(C)c1cc2c(NCC(O)CO)nccn2n1. The minimum atomic E-state index is -0.792. The summed E-state index contributed by atoms with van der Waals surface area (Å²) < 4.78 is 1.76. The molecule has 0 amide bonds. The van der Waals surface area contributed by atoms with Gasteiger partial charge in [0, 0.05) is 18.9 Å². The second kappa shape index (κ2) is 5.32. The van der Waals surface area contributed by atoms with Gasteiger partial charge in [-0.15, -0.1) is 0 Å². The molecule has 3 N–H and O–H groups in total. The monoisotopic (exact) mass is 250 g/mol. The third-order valence-corrected chi connectivity index (χ3v) is 2.72. The van der Waals surface area contributed by atoms with Crippen molar-refractivity contribution in [3.63, 3.8) is 0 Å². The predicted octanol–water partition coefficient (Wildman–Crippen LogP) is 0.618. The van der Waals surface area contributed by atoms with Gasteiger partial charge in [-0.25, -0.2) is 9.50 Å². The predicted molar refractivity (Wildman–Crippen MR) is 68.7 cm³/mol. The molecule has 1 atom stereocenters. The first-order chi connectivity index (χ1) is 8.61. The van der Waals surface area contributed by atoms with Crippen molar-refractivity contribution < 1.29 is 10.2 Å². The van der Waals surface area contributed by atoms with Crippen molar-refractivity contribution in [2.24, 2.45) is 0 Å². The van der Waals surface area contributed by atoms with Gasteiger partial charge in [0.15, 0.2) is 5.82 Å². The van der Waals surface area contributed by atoms with Gasteiger partial charge >= 0.3 is 0 Å². The minimum absolute atomic E-state index is 0.255. The molecule has 0 aromatic carbocycles. The molecule has 2 aromatic heterocycles. The number of hydrogen-bond acceptors (Lipinski definition) is 5. The van der Waals surface area contributed by atoms with E-state index in [0.29, 0.717) is 11.7 Å². The van der Waals surface area contributed by atoms with Gasteiger partial charge in [0.05, 0.1) is 18.4 Å². The fourth-order valence-corrected chi connectivity index (χ4v) is 1.64. The Labute approximate surface area is 105 Å². The van der Waals surface area contributed by atoms with Crippen LogP contribution in [0.3, 0.4) is 0 Å². The molecule has 0 bridgehead atoms. The lowest BCUT2D eigenvalue weighted by molar-refractivity contribution is 0.105. The van der Waals surface area contributed by atoms with Crippen LogP contribution in [0.5, 0.6) is 0 Å². The van der Waals surface area contributed by atoms with E-state index >= 15 is 0 Å². The molecular formula is C12H18N4O2. The highest BCUT2D eigenvalue weighted by Gasteiger charge is 2.10. The minimum Gasteiger partial charge on any atom is -0.394 e. The van der Waals surface area contributed by atoms with E-state index in [1.807, 2.05) is 6.07 Å². The highest BCUT2D eigenvalue weighted by atomic mass is 16.3. The van der Waals surface area contributed by atoms with Gasteiger partial charge in [-0.2, -0.15) is 5.10 Å². The number of hydrogen-bond donors (Lipinski definition) is 3. The van der Waals surface area contributed by atoms with Crippen LogP contribution in [0, 0.1) is 0 Å². The number of nitrogens with one attached hydrogen (secondary N) is 1. The van der Waals surface area contributed by atoms with Gasteiger partial charge in [-0.3, -0.25) is 0 Å². The summed E-state index contributed by atoms with van der Waals surface area (Å²) in [6.07, 6.45) is 2.65. The van der Waals surface area contributed by atoms with Crippen molar-refractivity contribution in [1.82, 2.24) is 14.6 Å². The summed E-state index contributed by atoms with van der Waals surface area (Å²) in [6.45, 7) is 4.15. The van der Waals surface area contributed by atoms with Crippen molar-refractivity contribution in [3.05, 3.63) is 24.2 Å². The molecule has 18 heavy (non-hydrogen) atoms. The Hall–Kier alpha value is -1.66. The van der Waals surface area contributed by atoms with E-state index in [2.05, 4.69) is 29.2 Å². The molecule has 0 aliphatic carbocycles. The molecular weight excluding hydrogens is 232 g/mol. The van der Waals surface area contributed by atoms with Crippen LogP contribution < -0.4 is 5.32 Å². The zero-order chi connectivity index (χ0) is 13.1. The lowest BCUT2D eigenvalue weighted by Gasteiger charge is -2.09. The highest BCUT2D eigenvalue weighted by Crippen LogP contribution is 2.19. The zero-order valence-electron chi connectivity index (χ0n) is 10.5. The van der Waals surface area contributed by atoms with Crippen molar-refractivity contribution >= 4 is 11.3 Å². The second-order valence-corrected chi connectivity index (χ2v) is 4.55. The summed E-state index contributed by atoms with van der Waals surface area (Å²) in [5.74, 6) is 1.00. The number of rotatable bonds is 5. The average Bonchev–Trinajstić information content (AvgIpc) is 2.80. The van der Waals surface area contributed by atoms with E-state index in [9.17, 15) is 5.11 Å². The fourth-order valence-electron chi connectivity index (χ4n) is 1.64. The van der Waals surface area contributed by atoms with Crippen LogP contribution in [0.1, 0.15) is 25.5 Å². The second-order valence-electron chi connectivity index (χ2n) is 4.55. The van der Waals surface area contributed by atoms with Crippen molar-refractivity contribution in [2.45, 2.75) is 25.9 Å². The summed E-state index contributed by atoms with van der Waals surface area (Å²) in [5.41, 5.74) is 1.86. The Kier molecular flexibility index (Phi) is 3.78. The van der Waals surface area contributed by atoms with Crippen LogP contribution >= 0.6 is 0 Å². The fraction of sp³-hybridized carbons (Fsp3) is 0.500. The number of aliphatic hydroxyl groups is 2. The molecule has 0 radical (unpaired) electrons. The van der Waals surface area contributed by atoms with Gasteiger partial charge in [-0.1, -0.05) is 13.8 Å². The molecule has 0 fully saturated rings. The van der Waals surface area contributed by atoms with Crippen LogP contribution in [0.2, 0.25) is 0 Å². The molecule has 0 spiro atoms. The average molecular weight is 250 g/mol. The first-order valence-corrected chi connectivity index (χ1v) is 5.99. The van der Waals surface area contributed by atoms with Gasteiger partial charge in [0.1, 0.15) is 5.52 Å². The van der Waals surface area contributed by atoms with Crippen LogP contribution in [0.15, 0.2) is 18.5 Å². The van der Waals surface area contributed by atoms with Crippen molar-refractivity contribution in [3.8, 4) is 0 Å². The van der Waals surface area contributed by atoms with E-state index in [1.165, 1.54) is 0 Å². The molecule has 0 aliphatic rings. The van der Waals surface area contributed by atoms with E-state index in [1.54, 1.807) is 16.9 Å². The first kappa shape index (κ1) is 12.8. The number of aliphatic hydroxyl groups excluding tert-OH is 2. The number of anilines is 1. The Morgan fingerprint density at radius 3 is 2.89 bits per heavy atom. The third kappa shape index (κ3) is 2.60. The lowest BCUT2D eigenvalue weighted by atomic mass is 10.1. The molecule has 2 heterocycles. The van der Waals surface area contributed by atoms with E-state index in [0.717, 1.165) is 11.2 Å². The molecule has 98 valence electrons. The molecule has 2 rings (SSSR count). The molecule has 6 nitrogen and oxygen atoms in total. The molecule has 0 saturated heterocycles. The summed E-state index contributed by atoms with van der Waals surface area (Å²) in [5, 5.41) is 25.6. The van der Waals surface area contributed by atoms with E-state index in [4.69, 9.17) is 5.11 Å². The standard InChI is InChI=1S/C12H18N4O2/c1-8(2)10-5-11-12(14-6-9(18)7-17)13-3-4-16(11)15-10/h3-5,8-9,17-18H,6-7H2,1-2H3,(H,13,14). The third-order valence-electron chi connectivity index (χ3n) is 2.72. The smallest absolute Gasteiger partial charge is 0.152 e. The molecule has 1 unspecified atom stereocenters. The lowest BCUT2D eigenvalue weighted by Crippen LogP contribution is -2.23. The number of nitrogens with zero attached hydrogens (tertiary/aromatic N) is 3. The summed E-state index contributed by atoms with van der Waals surface area (Å²) >= 11 is 0. The largest absolute Gasteiger partial charge is 0.394 e. The summed E-state index contributed by atoms with van der Waals surface area (Å²) in [4.78, 5) is 4.22.